The second-order valence-corrected chi connectivity index (χ2v) is 3.77. The third kappa shape index (κ3) is 6.30. The number of nitrogens with two attached hydrogens (primary N) is 1. The predicted octanol–water partition coefficient (Wildman–Crippen LogP) is 0.430. The van der Waals surface area contributed by atoms with E-state index in [-0.39, 0.29) is 0 Å². The van der Waals surface area contributed by atoms with Crippen molar-refractivity contribution in [1.29, 1.82) is 0 Å². The maximum Gasteiger partial charge on any atom is 0.208 e. The van der Waals surface area contributed by atoms with E-state index in [9.17, 15) is 0 Å². The van der Waals surface area contributed by atoms with Gasteiger partial charge in [-0.25, -0.2) is 10.8 Å². The van der Waals surface area contributed by atoms with E-state index in [0.717, 1.165) is 19.0 Å². The quantitative estimate of drug-likeness (QED) is 0.222. The lowest BCUT2D eigenvalue weighted by atomic mass is 10.2. The Labute approximate surface area is 92.7 Å². The molecule has 0 unspecified atom stereocenters. The topological polar surface area (TPSA) is 62.9 Å². The van der Waals surface area contributed by atoms with Gasteiger partial charge in [0.1, 0.15) is 0 Å². The van der Waals surface area contributed by atoms with Gasteiger partial charge in [0, 0.05) is 20.2 Å². The third-order valence-electron chi connectivity index (χ3n) is 1.95. The van der Waals surface area contributed by atoms with Gasteiger partial charge in [-0.3, -0.25) is 5.43 Å². The number of nitrogens with one attached hydrogen (secondary N) is 1. The van der Waals surface area contributed by atoms with Crippen molar-refractivity contribution < 1.29 is 4.74 Å². The van der Waals surface area contributed by atoms with E-state index in [1.54, 1.807) is 7.11 Å². The standard InChI is InChI=1S/C10H24N4O/c1-5-14(8-9(2)3)10(13-11)12-6-7-15-4/h9H,5-8,11H2,1-4H3,(H,12,13). The Hall–Kier alpha value is -0.810. The molecule has 0 bridgehead atoms. The van der Waals surface area contributed by atoms with Crippen LogP contribution in [0.3, 0.4) is 0 Å². The molecule has 0 aliphatic rings. The van der Waals surface area contributed by atoms with Gasteiger partial charge < -0.3 is 9.64 Å². The Balaban J connectivity index is 4.25. The summed E-state index contributed by atoms with van der Waals surface area (Å²) in [6.45, 7) is 9.53. The number of aliphatic imine (C=N–C) groups is 1. The summed E-state index contributed by atoms with van der Waals surface area (Å²) in [7, 11) is 1.66. The summed E-state index contributed by atoms with van der Waals surface area (Å²) in [5, 5.41) is 0. The first kappa shape index (κ1) is 14.2. The molecular weight excluding hydrogens is 192 g/mol. The molecule has 5 nitrogen and oxygen atoms in total. The zero-order valence-electron chi connectivity index (χ0n) is 10.3. The minimum absolute atomic E-state index is 0.589. The number of methoxy groups -OCH3 is 1. The molecule has 15 heavy (non-hydrogen) atoms. The molecule has 0 spiro atoms. The van der Waals surface area contributed by atoms with Gasteiger partial charge in [0.05, 0.1) is 13.2 Å². The van der Waals surface area contributed by atoms with Crippen LogP contribution >= 0.6 is 0 Å². The predicted molar refractivity (Wildman–Crippen MR) is 63.6 cm³/mol. The molecule has 5 heteroatoms. The van der Waals surface area contributed by atoms with E-state index in [2.05, 4.69) is 36.1 Å². The van der Waals surface area contributed by atoms with E-state index in [4.69, 9.17) is 10.6 Å². The van der Waals surface area contributed by atoms with Crippen molar-refractivity contribution in [2.75, 3.05) is 33.4 Å². The molecule has 0 fully saturated rings. The van der Waals surface area contributed by atoms with Crippen LogP contribution in [0.4, 0.5) is 0 Å². The monoisotopic (exact) mass is 216 g/mol. The number of hydrazine groups is 1. The highest BCUT2D eigenvalue weighted by Crippen LogP contribution is 1.98. The summed E-state index contributed by atoms with van der Waals surface area (Å²) in [6.07, 6.45) is 0. The van der Waals surface area contributed by atoms with Crippen LogP contribution in [-0.4, -0.2) is 44.2 Å². The van der Waals surface area contributed by atoms with Crippen LogP contribution in [0.5, 0.6) is 0 Å². The molecule has 3 N–H and O–H groups in total. The fourth-order valence-corrected chi connectivity index (χ4v) is 1.29. The molecule has 0 rings (SSSR count). The summed E-state index contributed by atoms with van der Waals surface area (Å²) in [5.74, 6) is 6.77. The zero-order valence-corrected chi connectivity index (χ0v) is 10.3. The first-order chi connectivity index (χ1) is 7.15. The number of hydrogen-bond acceptors (Lipinski definition) is 3. The molecule has 0 saturated heterocycles. The Morgan fingerprint density at radius 3 is 2.60 bits per heavy atom. The highest BCUT2D eigenvalue weighted by Gasteiger charge is 2.09. The van der Waals surface area contributed by atoms with E-state index < -0.39 is 0 Å². The van der Waals surface area contributed by atoms with Gasteiger partial charge in [-0.15, -0.1) is 0 Å². The van der Waals surface area contributed by atoms with Crippen LogP contribution in [0.25, 0.3) is 0 Å². The van der Waals surface area contributed by atoms with Crippen LogP contribution in [0.2, 0.25) is 0 Å². The summed E-state index contributed by atoms with van der Waals surface area (Å²) in [5.41, 5.74) is 2.64. The van der Waals surface area contributed by atoms with E-state index >= 15 is 0 Å². The summed E-state index contributed by atoms with van der Waals surface area (Å²) >= 11 is 0. The van der Waals surface area contributed by atoms with Crippen LogP contribution in [-0.2, 0) is 4.74 Å². The first-order valence-electron chi connectivity index (χ1n) is 5.40. The summed E-state index contributed by atoms with van der Waals surface area (Å²) in [6, 6.07) is 0. The average Bonchev–Trinajstić information content (AvgIpc) is 2.21. The number of rotatable bonds is 6. The number of hydrogen-bond donors (Lipinski definition) is 2. The molecule has 0 atom stereocenters. The molecule has 90 valence electrons. The fourth-order valence-electron chi connectivity index (χ4n) is 1.29. The SMILES string of the molecule is CCN(CC(C)C)C(=NCCOC)NN. The van der Waals surface area contributed by atoms with Crippen LogP contribution in [0.1, 0.15) is 20.8 Å². The average molecular weight is 216 g/mol. The van der Waals surface area contributed by atoms with Gasteiger partial charge in [0.25, 0.3) is 0 Å². The highest BCUT2D eigenvalue weighted by atomic mass is 16.5. The second-order valence-electron chi connectivity index (χ2n) is 3.77. The van der Waals surface area contributed by atoms with Gasteiger partial charge >= 0.3 is 0 Å². The molecular formula is C10H24N4O. The molecule has 0 aromatic rings. The molecule has 0 radical (unpaired) electrons. The maximum atomic E-state index is 5.44. The summed E-state index contributed by atoms with van der Waals surface area (Å²) < 4.78 is 4.94. The lowest BCUT2D eigenvalue weighted by molar-refractivity contribution is 0.207. The Morgan fingerprint density at radius 1 is 1.53 bits per heavy atom. The fraction of sp³-hybridized carbons (Fsp3) is 0.900. The normalized spacial score (nSPS) is 12.0. The Kier molecular flexibility index (Phi) is 8.04. The van der Waals surface area contributed by atoms with Crippen molar-refractivity contribution in [3.05, 3.63) is 0 Å². The van der Waals surface area contributed by atoms with E-state index in [0.29, 0.717) is 19.1 Å². The van der Waals surface area contributed by atoms with E-state index in [1.165, 1.54) is 0 Å². The minimum Gasteiger partial charge on any atom is -0.383 e. The third-order valence-corrected chi connectivity index (χ3v) is 1.95. The maximum absolute atomic E-state index is 5.44. The Morgan fingerprint density at radius 2 is 2.20 bits per heavy atom. The van der Waals surface area contributed by atoms with Crippen molar-refractivity contribution in [2.24, 2.45) is 16.8 Å². The molecule has 0 aliphatic heterocycles. The molecule has 0 amide bonds. The van der Waals surface area contributed by atoms with Crippen LogP contribution < -0.4 is 11.3 Å². The second kappa shape index (κ2) is 8.49. The first-order valence-corrected chi connectivity index (χ1v) is 5.40. The Bertz CT molecular complexity index is 182. The number of nitrogens with zero attached hydrogens (tertiary/aromatic N) is 2. The molecule has 0 saturated carbocycles. The lowest BCUT2D eigenvalue weighted by Gasteiger charge is -2.25. The van der Waals surface area contributed by atoms with Gasteiger partial charge in [0.2, 0.25) is 5.96 Å². The van der Waals surface area contributed by atoms with Gasteiger partial charge in [-0.1, -0.05) is 13.8 Å². The van der Waals surface area contributed by atoms with E-state index in [1.807, 2.05) is 0 Å². The van der Waals surface area contributed by atoms with Crippen molar-refractivity contribution in [1.82, 2.24) is 10.3 Å². The summed E-state index contributed by atoms with van der Waals surface area (Å²) in [4.78, 5) is 6.46. The van der Waals surface area contributed by atoms with Crippen LogP contribution in [0.15, 0.2) is 4.99 Å². The largest absolute Gasteiger partial charge is 0.383 e. The van der Waals surface area contributed by atoms with Crippen molar-refractivity contribution in [2.45, 2.75) is 20.8 Å². The molecule has 0 aromatic carbocycles. The van der Waals surface area contributed by atoms with Gasteiger partial charge in [0.15, 0.2) is 0 Å². The van der Waals surface area contributed by atoms with Crippen LogP contribution in [0, 0.1) is 5.92 Å². The van der Waals surface area contributed by atoms with Crippen molar-refractivity contribution in [3.8, 4) is 0 Å². The van der Waals surface area contributed by atoms with Crippen molar-refractivity contribution >= 4 is 5.96 Å². The highest BCUT2D eigenvalue weighted by molar-refractivity contribution is 5.79. The van der Waals surface area contributed by atoms with Gasteiger partial charge in [-0.05, 0) is 12.8 Å². The molecule has 0 heterocycles. The lowest BCUT2D eigenvalue weighted by Crippen LogP contribution is -2.46. The number of guanidine groups is 1. The molecule has 0 aliphatic carbocycles. The van der Waals surface area contributed by atoms with Crippen molar-refractivity contribution in [3.63, 3.8) is 0 Å². The minimum atomic E-state index is 0.589. The zero-order chi connectivity index (χ0) is 11.7. The molecule has 0 aromatic heterocycles. The smallest absolute Gasteiger partial charge is 0.208 e. The van der Waals surface area contributed by atoms with Gasteiger partial charge in [-0.2, -0.15) is 0 Å². The number of ether oxygens (including phenoxy) is 1.